The van der Waals surface area contributed by atoms with Gasteiger partial charge in [0, 0.05) is 22.2 Å². The standard InChI is InChI=1S/C15H16N6OS/c1-9(2)6-12-8-16-15(23-12)17-14(22)11-5-3-4-10(7-11)13-18-20-21-19-13/h3-5,7-9H,6H2,1-2H3,(H,16,17,22)(H,18,19,20,21). The molecule has 2 N–H and O–H groups in total. The Balaban J connectivity index is 1.73. The zero-order valence-electron chi connectivity index (χ0n) is 12.8. The summed E-state index contributed by atoms with van der Waals surface area (Å²) in [5.41, 5.74) is 1.25. The smallest absolute Gasteiger partial charge is 0.257 e. The van der Waals surface area contributed by atoms with Crippen molar-refractivity contribution in [2.24, 2.45) is 5.92 Å². The number of amides is 1. The van der Waals surface area contributed by atoms with Crippen LogP contribution in [0, 0.1) is 5.92 Å². The van der Waals surface area contributed by atoms with Gasteiger partial charge >= 0.3 is 0 Å². The summed E-state index contributed by atoms with van der Waals surface area (Å²) < 4.78 is 0. The van der Waals surface area contributed by atoms with E-state index in [9.17, 15) is 4.79 Å². The van der Waals surface area contributed by atoms with Gasteiger partial charge in [-0.2, -0.15) is 5.21 Å². The molecule has 0 saturated carbocycles. The number of rotatable bonds is 5. The molecule has 8 heteroatoms. The van der Waals surface area contributed by atoms with E-state index in [-0.39, 0.29) is 5.91 Å². The minimum absolute atomic E-state index is 0.208. The van der Waals surface area contributed by atoms with Gasteiger partial charge in [-0.15, -0.1) is 21.5 Å². The first kappa shape index (κ1) is 15.3. The van der Waals surface area contributed by atoms with Crippen LogP contribution in [0.2, 0.25) is 0 Å². The van der Waals surface area contributed by atoms with E-state index < -0.39 is 0 Å². The number of nitrogens with one attached hydrogen (secondary N) is 2. The minimum Gasteiger partial charge on any atom is -0.298 e. The molecule has 0 atom stereocenters. The van der Waals surface area contributed by atoms with Crippen LogP contribution in [-0.2, 0) is 6.42 Å². The fraction of sp³-hybridized carbons (Fsp3) is 0.267. The van der Waals surface area contributed by atoms with Crippen molar-refractivity contribution in [1.29, 1.82) is 0 Å². The van der Waals surface area contributed by atoms with Crippen LogP contribution in [-0.4, -0.2) is 31.5 Å². The van der Waals surface area contributed by atoms with Crippen molar-refractivity contribution < 1.29 is 4.79 Å². The van der Waals surface area contributed by atoms with Gasteiger partial charge in [-0.1, -0.05) is 26.0 Å². The molecule has 0 saturated heterocycles. The first-order valence-corrected chi connectivity index (χ1v) is 8.03. The molecule has 1 aromatic carbocycles. The van der Waals surface area contributed by atoms with Crippen LogP contribution in [0.25, 0.3) is 11.4 Å². The molecule has 1 amide bonds. The molecule has 0 radical (unpaired) electrons. The molecule has 7 nitrogen and oxygen atoms in total. The lowest BCUT2D eigenvalue weighted by Crippen LogP contribution is -2.11. The molecular formula is C15H16N6OS. The van der Waals surface area contributed by atoms with Gasteiger partial charge in [0.25, 0.3) is 5.91 Å². The number of thiazole rings is 1. The number of aromatic nitrogens is 5. The topological polar surface area (TPSA) is 96.5 Å². The number of hydrogen-bond donors (Lipinski definition) is 2. The lowest BCUT2D eigenvalue weighted by Gasteiger charge is -2.03. The summed E-state index contributed by atoms with van der Waals surface area (Å²) >= 11 is 1.50. The Hall–Kier alpha value is -2.61. The fourth-order valence-electron chi connectivity index (χ4n) is 2.11. The van der Waals surface area contributed by atoms with Gasteiger partial charge in [0.15, 0.2) is 5.13 Å². The van der Waals surface area contributed by atoms with Crippen LogP contribution < -0.4 is 5.32 Å². The highest BCUT2D eigenvalue weighted by Gasteiger charge is 2.12. The number of nitrogens with zero attached hydrogens (tertiary/aromatic N) is 4. The van der Waals surface area contributed by atoms with Gasteiger partial charge in [-0.25, -0.2) is 4.98 Å². The molecule has 2 aromatic heterocycles. The molecule has 0 fully saturated rings. The molecule has 118 valence electrons. The van der Waals surface area contributed by atoms with Crippen molar-refractivity contribution >= 4 is 22.4 Å². The summed E-state index contributed by atoms with van der Waals surface area (Å²) in [5.74, 6) is 0.805. The van der Waals surface area contributed by atoms with E-state index in [1.807, 2.05) is 12.3 Å². The van der Waals surface area contributed by atoms with Crippen LogP contribution in [0.5, 0.6) is 0 Å². The molecule has 0 unspecified atom stereocenters. The van der Waals surface area contributed by atoms with Crippen molar-refractivity contribution in [3.8, 4) is 11.4 Å². The number of anilines is 1. The van der Waals surface area contributed by atoms with Crippen molar-refractivity contribution in [3.05, 3.63) is 40.9 Å². The van der Waals surface area contributed by atoms with E-state index in [4.69, 9.17) is 0 Å². The first-order valence-electron chi connectivity index (χ1n) is 7.22. The van der Waals surface area contributed by atoms with E-state index in [1.54, 1.807) is 18.2 Å². The lowest BCUT2D eigenvalue weighted by atomic mass is 10.1. The van der Waals surface area contributed by atoms with Gasteiger partial charge in [0.05, 0.1) is 0 Å². The van der Waals surface area contributed by atoms with E-state index in [0.717, 1.165) is 16.9 Å². The Labute approximate surface area is 137 Å². The van der Waals surface area contributed by atoms with Crippen LogP contribution in [0.4, 0.5) is 5.13 Å². The lowest BCUT2D eigenvalue weighted by molar-refractivity contribution is 0.102. The maximum atomic E-state index is 12.4. The van der Waals surface area contributed by atoms with Gasteiger partial charge < -0.3 is 0 Å². The molecule has 2 heterocycles. The zero-order chi connectivity index (χ0) is 16.2. The number of carbonyl (C=O) groups is 1. The number of tetrazole rings is 1. The molecule has 3 rings (SSSR count). The third-order valence-corrected chi connectivity index (χ3v) is 4.05. The molecule has 23 heavy (non-hydrogen) atoms. The Morgan fingerprint density at radius 3 is 3.00 bits per heavy atom. The van der Waals surface area contributed by atoms with Crippen LogP contribution in [0.3, 0.4) is 0 Å². The fourth-order valence-corrected chi connectivity index (χ4v) is 3.13. The van der Waals surface area contributed by atoms with Crippen molar-refractivity contribution in [3.63, 3.8) is 0 Å². The van der Waals surface area contributed by atoms with E-state index >= 15 is 0 Å². The summed E-state index contributed by atoms with van der Waals surface area (Å²) in [4.78, 5) is 17.8. The van der Waals surface area contributed by atoms with Gasteiger partial charge in [-0.05, 0) is 29.7 Å². The third-order valence-electron chi connectivity index (χ3n) is 3.11. The largest absolute Gasteiger partial charge is 0.298 e. The normalized spacial score (nSPS) is 10.9. The second kappa shape index (κ2) is 6.66. The number of carbonyl (C=O) groups excluding carboxylic acids is 1. The van der Waals surface area contributed by atoms with Crippen LogP contribution >= 0.6 is 11.3 Å². The second-order valence-electron chi connectivity index (χ2n) is 5.50. The summed E-state index contributed by atoms with van der Waals surface area (Å²) in [7, 11) is 0. The molecule has 0 spiro atoms. The van der Waals surface area contributed by atoms with E-state index in [0.29, 0.717) is 22.4 Å². The SMILES string of the molecule is CC(C)Cc1cnc(NC(=O)c2cccc(-c3nn[nH]n3)c2)s1. The van der Waals surface area contributed by atoms with Crippen molar-refractivity contribution in [1.82, 2.24) is 25.6 Å². The highest BCUT2D eigenvalue weighted by Crippen LogP contribution is 2.22. The molecule has 0 aliphatic rings. The Bertz CT molecular complexity index is 796. The number of aromatic amines is 1. The van der Waals surface area contributed by atoms with Crippen molar-refractivity contribution in [2.45, 2.75) is 20.3 Å². The van der Waals surface area contributed by atoms with Crippen LogP contribution in [0.1, 0.15) is 29.1 Å². The Morgan fingerprint density at radius 1 is 1.39 bits per heavy atom. The zero-order valence-corrected chi connectivity index (χ0v) is 13.6. The van der Waals surface area contributed by atoms with E-state index in [2.05, 4.69) is 44.8 Å². The minimum atomic E-state index is -0.208. The highest BCUT2D eigenvalue weighted by molar-refractivity contribution is 7.15. The van der Waals surface area contributed by atoms with Crippen LogP contribution in [0.15, 0.2) is 30.5 Å². The number of benzene rings is 1. The molecule has 0 aliphatic carbocycles. The maximum Gasteiger partial charge on any atom is 0.257 e. The first-order chi connectivity index (χ1) is 11.1. The molecular weight excluding hydrogens is 312 g/mol. The maximum absolute atomic E-state index is 12.4. The Kier molecular flexibility index (Phi) is 4.42. The predicted molar refractivity (Wildman–Crippen MR) is 88.2 cm³/mol. The Morgan fingerprint density at radius 2 is 2.26 bits per heavy atom. The second-order valence-corrected chi connectivity index (χ2v) is 6.62. The van der Waals surface area contributed by atoms with E-state index in [1.165, 1.54) is 11.3 Å². The summed E-state index contributed by atoms with van der Waals surface area (Å²) in [6, 6.07) is 7.07. The van der Waals surface area contributed by atoms with Gasteiger partial charge in [0.1, 0.15) is 0 Å². The number of H-pyrrole nitrogens is 1. The quantitative estimate of drug-likeness (QED) is 0.750. The summed E-state index contributed by atoms with van der Waals surface area (Å²) in [5, 5.41) is 17.2. The van der Waals surface area contributed by atoms with Gasteiger partial charge in [0.2, 0.25) is 5.82 Å². The molecule has 0 bridgehead atoms. The predicted octanol–water partition coefficient (Wildman–Crippen LogP) is 2.77. The van der Waals surface area contributed by atoms with Gasteiger partial charge in [-0.3, -0.25) is 10.1 Å². The van der Waals surface area contributed by atoms with Crippen molar-refractivity contribution in [2.75, 3.05) is 5.32 Å². The summed E-state index contributed by atoms with van der Waals surface area (Å²) in [6.07, 6.45) is 2.77. The monoisotopic (exact) mass is 328 g/mol. The average Bonchev–Trinajstić information content (AvgIpc) is 3.19. The highest BCUT2D eigenvalue weighted by atomic mass is 32.1. The number of hydrogen-bond acceptors (Lipinski definition) is 6. The molecule has 0 aliphatic heterocycles. The molecule has 3 aromatic rings. The average molecular weight is 328 g/mol. The summed E-state index contributed by atoms with van der Waals surface area (Å²) in [6.45, 7) is 4.31. The third kappa shape index (κ3) is 3.78.